The fourth-order valence-electron chi connectivity index (χ4n) is 2.08. The number of ether oxygens (including phenoxy) is 2. The van der Waals surface area contributed by atoms with Crippen molar-refractivity contribution in [1.29, 1.82) is 0 Å². The van der Waals surface area contributed by atoms with E-state index in [1.54, 1.807) is 42.5 Å². The van der Waals surface area contributed by atoms with Crippen molar-refractivity contribution in [3.05, 3.63) is 58.6 Å². The summed E-state index contributed by atoms with van der Waals surface area (Å²) in [5.41, 5.74) is 3.50. The highest BCUT2D eigenvalue weighted by molar-refractivity contribution is 6.30. The molecule has 2 aromatic carbocycles. The fourth-order valence-corrected chi connectivity index (χ4v) is 2.20. The molecule has 3 rings (SSSR count). The quantitative estimate of drug-likeness (QED) is 0.630. The van der Waals surface area contributed by atoms with Gasteiger partial charge in [-0.15, -0.1) is 0 Å². The minimum atomic E-state index is -0.445. The molecule has 128 valence electrons. The van der Waals surface area contributed by atoms with Crippen molar-refractivity contribution in [3.63, 3.8) is 0 Å². The van der Waals surface area contributed by atoms with Gasteiger partial charge in [0.25, 0.3) is 11.8 Å². The summed E-state index contributed by atoms with van der Waals surface area (Å²) in [5, 5.41) is 6.87. The van der Waals surface area contributed by atoms with E-state index < -0.39 is 5.91 Å². The maximum absolute atomic E-state index is 11.9. The van der Waals surface area contributed by atoms with Gasteiger partial charge in [0.2, 0.25) is 6.79 Å². The van der Waals surface area contributed by atoms with Gasteiger partial charge in [-0.3, -0.25) is 9.59 Å². The highest BCUT2D eigenvalue weighted by Gasteiger charge is 2.12. The molecular weight excluding hydrogens is 346 g/mol. The molecule has 0 atom stereocenters. The third-order valence-electron chi connectivity index (χ3n) is 3.32. The molecule has 0 aliphatic carbocycles. The number of benzene rings is 2. The van der Waals surface area contributed by atoms with E-state index in [0.717, 1.165) is 5.56 Å². The van der Waals surface area contributed by atoms with Gasteiger partial charge in [-0.25, -0.2) is 5.43 Å². The first-order valence-electron chi connectivity index (χ1n) is 7.37. The lowest BCUT2D eigenvalue weighted by Crippen LogP contribution is -2.34. The molecule has 25 heavy (non-hydrogen) atoms. The standard InChI is InChI=1S/C17H14ClN3O4/c18-13-4-2-12(3-5-13)17(23)19-9-16(22)21-20-8-11-1-6-14-15(7-11)25-10-24-14/h1-8H,9-10H2,(H,19,23)(H,21,22)/b20-8+. The molecule has 1 aliphatic rings. The Labute approximate surface area is 148 Å². The number of nitrogens with one attached hydrogen (secondary N) is 2. The molecule has 2 aromatic rings. The molecule has 0 saturated carbocycles. The van der Waals surface area contributed by atoms with Gasteiger partial charge in [-0.2, -0.15) is 5.10 Å². The van der Waals surface area contributed by atoms with Crippen LogP contribution in [0.1, 0.15) is 15.9 Å². The van der Waals surface area contributed by atoms with E-state index in [1.165, 1.54) is 6.21 Å². The molecular formula is C17H14ClN3O4. The highest BCUT2D eigenvalue weighted by Crippen LogP contribution is 2.31. The van der Waals surface area contributed by atoms with E-state index in [1.807, 2.05) is 0 Å². The lowest BCUT2D eigenvalue weighted by Gasteiger charge is -2.04. The number of fused-ring (bicyclic) bond motifs is 1. The monoisotopic (exact) mass is 359 g/mol. The van der Waals surface area contributed by atoms with Crippen molar-refractivity contribution >= 4 is 29.6 Å². The van der Waals surface area contributed by atoms with Crippen LogP contribution in [0.15, 0.2) is 47.6 Å². The van der Waals surface area contributed by atoms with Crippen LogP contribution in [0.3, 0.4) is 0 Å². The number of rotatable bonds is 5. The van der Waals surface area contributed by atoms with Crippen LogP contribution in [0, 0.1) is 0 Å². The first-order chi connectivity index (χ1) is 12.1. The minimum absolute atomic E-state index is 0.194. The number of carbonyl (C=O) groups excluding carboxylic acids is 2. The van der Waals surface area contributed by atoms with Gasteiger partial charge in [-0.05, 0) is 48.0 Å². The van der Waals surface area contributed by atoms with Crippen LogP contribution in [-0.4, -0.2) is 31.4 Å². The number of hydrazone groups is 1. The Morgan fingerprint density at radius 3 is 2.68 bits per heavy atom. The number of hydrogen-bond acceptors (Lipinski definition) is 5. The number of amides is 2. The molecule has 0 fully saturated rings. The van der Waals surface area contributed by atoms with Crippen LogP contribution in [-0.2, 0) is 4.79 Å². The summed E-state index contributed by atoms with van der Waals surface area (Å²) in [6.07, 6.45) is 1.47. The molecule has 0 unspecified atom stereocenters. The molecule has 2 amide bonds. The lowest BCUT2D eigenvalue weighted by atomic mass is 10.2. The van der Waals surface area contributed by atoms with Crippen LogP contribution in [0.25, 0.3) is 0 Å². The molecule has 0 aromatic heterocycles. The third-order valence-corrected chi connectivity index (χ3v) is 3.57. The van der Waals surface area contributed by atoms with Crippen LogP contribution >= 0.6 is 11.6 Å². The number of hydrogen-bond donors (Lipinski definition) is 2. The van der Waals surface area contributed by atoms with E-state index in [2.05, 4.69) is 15.8 Å². The Bertz CT molecular complexity index is 821. The smallest absolute Gasteiger partial charge is 0.259 e. The van der Waals surface area contributed by atoms with Crippen molar-refractivity contribution in [3.8, 4) is 11.5 Å². The molecule has 0 radical (unpaired) electrons. The van der Waals surface area contributed by atoms with E-state index in [0.29, 0.717) is 22.1 Å². The molecule has 1 heterocycles. The molecule has 8 heteroatoms. The van der Waals surface area contributed by atoms with E-state index >= 15 is 0 Å². The van der Waals surface area contributed by atoms with Gasteiger partial charge in [0, 0.05) is 10.6 Å². The van der Waals surface area contributed by atoms with E-state index in [4.69, 9.17) is 21.1 Å². The van der Waals surface area contributed by atoms with Gasteiger partial charge in [0.1, 0.15) is 0 Å². The Kier molecular flexibility index (Phi) is 5.15. The summed E-state index contributed by atoms with van der Waals surface area (Å²) >= 11 is 5.76. The Balaban J connectivity index is 1.46. The molecule has 0 spiro atoms. The van der Waals surface area contributed by atoms with Crippen molar-refractivity contribution < 1.29 is 19.1 Å². The summed E-state index contributed by atoms with van der Waals surface area (Å²) in [6, 6.07) is 11.7. The number of nitrogens with zero attached hydrogens (tertiary/aromatic N) is 1. The molecule has 2 N–H and O–H groups in total. The topological polar surface area (TPSA) is 89.0 Å². The normalized spacial score (nSPS) is 12.2. The van der Waals surface area contributed by atoms with Crippen molar-refractivity contribution in [2.45, 2.75) is 0 Å². The second kappa shape index (κ2) is 7.67. The highest BCUT2D eigenvalue weighted by atomic mass is 35.5. The van der Waals surface area contributed by atoms with Gasteiger partial charge in [0.15, 0.2) is 11.5 Å². The maximum Gasteiger partial charge on any atom is 0.259 e. The largest absolute Gasteiger partial charge is 0.454 e. The lowest BCUT2D eigenvalue weighted by molar-refractivity contribution is -0.120. The first-order valence-corrected chi connectivity index (χ1v) is 7.75. The molecule has 0 bridgehead atoms. The Hall–Kier alpha value is -3.06. The second-order valence-electron chi connectivity index (χ2n) is 5.10. The Morgan fingerprint density at radius 2 is 1.88 bits per heavy atom. The summed E-state index contributed by atoms with van der Waals surface area (Å²) in [5.74, 6) is 0.488. The SMILES string of the molecule is O=C(CNC(=O)c1ccc(Cl)cc1)N/N=C/c1ccc2c(c1)OCO2. The van der Waals surface area contributed by atoms with Gasteiger partial charge in [0.05, 0.1) is 12.8 Å². The summed E-state index contributed by atoms with van der Waals surface area (Å²) in [6.45, 7) is -0.0000777. The van der Waals surface area contributed by atoms with Crippen molar-refractivity contribution in [1.82, 2.24) is 10.7 Å². The number of carbonyl (C=O) groups is 2. The zero-order valence-corrected chi connectivity index (χ0v) is 13.7. The van der Waals surface area contributed by atoms with Crippen LogP contribution in [0.2, 0.25) is 5.02 Å². The van der Waals surface area contributed by atoms with Crippen molar-refractivity contribution in [2.75, 3.05) is 13.3 Å². The molecule has 7 nitrogen and oxygen atoms in total. The minimum Gasteiger partial charge on any atom is -0.454 e. The average molecular weight is 360 g/mol. The predicted molar refractivity (Wildman–Crippen MR) is 92.1 cm³/mol. The van der Waals surface area contributed by atoms with E-state index in [9.17, 15) is 9.59 Å². The number of halogens is 1. The summed E-state index contributed by atoms with van der Waals surface area (Å²) in [4.78, 5) is 23.6. The zero-order chi connectivity index (χ0) is 17.6. The van der Waals surface area contributed by atoms with Gasteiger partial charge >= 0.3 is 0 Å². The second-order valence-corrected chi connectivity index (χ2v) is 5.53. The zero-order valence-electron chi connectivity index (χ0n) is 13.0. The predicted octanol–water partition coefficient (Wildman–Crippen LogP) is 1.95. The first kappa shape index (κ1) is 16.8. The molecule has 1 aliphatic heterocycles. The van der Waals surface area contributed by atoms with Crippen LogP contribution in [0.4, 0.5) is 0 Å². The third kappa shape index (κ3) is 4.48. The van der Waals surface area contributed by atoms with Crippen molar-refractivity contribution in [2.24, 2.45) is 5.10 Å². The van der Waals surface area contributed by atoms with Crippen LogP contribution < -0.4 is 20.2 Å². The summed E-state index contributed by atoms with van der Waals surface area (Å²) < 4.78 is 10.5. The molecule has 0 saturated heterocycles. The Morgan fingerprint density at radius 1 is 1.12 bits per heavy atom. The average Bonchev–Trinajstić information content (AvgIpc) is 3.08. The fraction of sp³-hybridized carbons (Fsp3) is 0.118. The maximum atomic E-state index is 11.9. The van der Waals surface area contributed by atoms with Crippen LogP contribution in [0.5, 0.6) is 11.5 Å². The van der Waals surface area contributed by atoms with E-state index in [-0.39, 0.29) is 19.2 Å². The van der Waals surface area contributed by atoms with Gasteiger partial charge in [-0.1, -0.05) is 11.6 Å². The van der Waals surface area contributed by atoms with Gasteiger partial charge < -0.3 is 14.8 Å². The summed E-state index contributed by atoms with van der Waals surface area (Å²) in [7, 11) is 0.